The molecule has 0 aliphatic rings. The number of hydrogen-bond acceptors (Lipinski definition) is 3. The van der Waals surface area contributed by atoms with Crippen molar-refractivity contribution in [3.8, 4) is 0 Å². The Morgan fingerprint density at radius 1 is 1.26 bits per heavy atom. The second-order valence-electron chi connectivity index (χ2n) is 6.60. The maximum Gasteiger partial charge on any atom is 0.221 e. The largest absolute Gasteiger partial charge is 0.379 e. The van der Waals surface area contributed by atoms with Crippen LogP contribution in [-0.2, 0) is 9.53 Å². The molecule has 2 unspecified atom stereocenters. The highest BCUT2D eigenvalue weighted by Crippen LogP contribution is 2.20. The molecule has 23 heavy (non-hydrogen) atoms. The van der Waals surface area contributed by atoms with Crippen LogP contribution in [0.4, 0.5) is 0 Å². The number of nitrogens with one attached hydrogen (secondary N) is 3. The number of amides is 1. The number of aliphatic imine (C=N–C) groups is 1. The van der Waals surface area contributed by atoms with Gasteiger partial charge >= 0.3 is 0 Å². The van der Waals surface area contributed by atoms with Crippen LogP contribution in [0.25, 0.3) is 0 Å². The number of hydrogen-bond donors (Lipinski definition) is 3. The molecule has 0 aromatic heterocycles. The molecule has 0 fully saturated rings. The Kier molecular flexibility index (Phi) is 13.7. The van der Waals surface area contributed by atoms with Crippen LogP contribution in [0.2, 0.25) is 0 Å². The van der Waals surface area contributed by atoms with Gasteiger partial charge < -0.3 is 20.7 Å². The zero-order valence-electron chi connectivity index (χ0n) is 15.7. The molecule has 0 aromatic rings. The summed E-state index contributed by atoms with van der Waals surface area (Å²) in [6, 6.07) is 0.221. The van der Waals surface area contributed by atoms with Crippen molar-refractivity contribution in [2.75, 3.05) is 27.2 Å². The summed E-state index contributed by atoms with van der Waals surface area (Å²) in [5, 5.41) is 9.32. The van der Waals surface area contributed by atoms with Gasteiger partial charge in [-0.3, -0.25) is 9.79 Å². The highest BCUT2D eigenvalue weighted by molar-refractivity contribution is 14.0. The quantitative estimate of drug-likeness (QED) is 0.306. The van der Waals surface area contributed by atoms with Crippen LogP contribution in [0.5, 0.6) is 0 Å². The molecule has 0 rings (SSSR count). The summed E-state index contributed by atoms with van der Waals surface area (Å²) in [7, 11) is 3.43. The molecule has 0 saturated carbocycles. The first-order valence-electron chi connectivity index (χ1n) is 8.01. The minimum atomic E-state index is 0. The molecule has 7 heteroatoms. The van der Waals surface area contributed by atoms with Crippen LogP contribution >= 0.6 is 24.0 Å². The van der Waals surface area contributed by atoms with Gasteiger partial charge in [0, 0.05) is 39.7 Å². The van der Waals surface area contributed by atoms with Crippen molar-refractivity contribution in [2.24, 2.45) is 10.4 Å². The van der Waals surface area contributed by atoms with Crippen molar-refractivity contribution in [3.63, 3.8) is 0 Å². The smallest absolute Gasteiger partial charge is 0.221 e. The molecule has 6 nitrogen and oxygen atoms in total. The lowest BCUT2D eigenvalue weighted by Gasteiger charge is -2.30. The fraction of sp³-hybridized carbons (Fsp3) is 0.875. The average molecular weight is 442 g/mol. The van der Waals surface area contributed by atoms with Crippen molar-refractivity contribution >= 4 is 35.8 Å². The topological polar surface area (TPSA) is 74.8 Å². The number of halogens is 1. The molecular weight excluding hydrogens is 407 g/mol. The van der Waals surface area contributed by atoms with Gasteiger partial charge in [0.1, 0.15) is 0 Å². The molecule has 2 atom stereocenters. The second kappa shape index (κ2) is 12.8. The summed E-state index contributed by atoms with van der Waals surface area (Å²) in [6.07, 6.45) is 1.45. The fourth-order valence-corrected chi connectivity index (χ4v) is 1.90. The summed E-state index contributed by atoms with van der Waals surface area (Å²) in [5.74, 6) is 0.740. The number of ether oxygens (including phenoxy) is 1. The van der Waals surface area contributed by atoms with E-state index < -0.39 is 0 Å². The van der Waals surface area contributed by atoms with E-state index >= 15 is 0 Å². The normalized spacial score (nSPS) is 14.5. The Balaban J connectivity index is 0. The van der Waals surface area contributed by atoms with Crippen LogP contribution in [-0.4, -0.2) is 51.3 Å². The maximum absolute atomic E-state index is 11.7. The number of rotatable bonds is 8. The Labute approximate surface area is 158 Å². The molecule has 0 aliphatic carbocycles. The van der Waals surface area contributed by atoms with Crippen LogP contribution in [0.3, 0.4) is 0 Å². The van der Waals surface area contributed by atoms with Crippen LogP contribution in [0.15, 0.2) is 4.99 Å². The Morgan fingerprint density at radius 3 is 2.30 bits per heavy atom. The Hall–Kier alpha value is -0.570. The van der Waals surface area contributed by atoms with Crippen LogP contribution in [0.1, 0.15) is 47.5 Å². The third-order valence-corrected chi connectivity index (χ3v) is 3.59. The molecule has 0 aromatic carbocycles. The summed E-state index contributed by atoms with van der Waals surface area (Å²) >= 11 is 0. The number of carbonyl (C=O) groups is 1. The standard InChI is InChI=1S/C16H34N4O2.HI/c1-8-12(2)20-14(21)9-10-18-15(17-6)19-11-13(22-7)16(3,4)5;/h12-13H,8-11H2,1-7H3,(H,20,21)(H2,17,18,19);1H. The van der Waals surface area contributed by atoms with Crippen LogP contribution < -0.4 is 16.0 Å². The highest BCUT2D eigenvalue weighted by atomic mass is 127. The lowest BCUT2D eigenvalue weighted by molar-refractivity contribution is -0.121. The third-order valence-electron chi connectivity index (χ3n) is 3.59. The van der Waals surface area contributed by atoms with E-state index in [-0.39, 0.29) is 47.4 Å². The third kappa shape index (κ3) is 11.6. The minimum absolute atomic E-state index is 0. The average Bonchev–Trinajstić information content (AvgIpc) is 2.44. The summed E-state index contributed by atoms with van der Waals surface area (Å²) in [4.78, 5) is 15.9. The van der Waals surface area contributed by atoms with E-state index in [1.165, 1.54) is 0 Å². The molecule has 3 N–H and O–H groups in total. The van der Waals surface area contributed by atoms with Crippen molar-refractivity contribution in [1.29, 1.82) is 0 Å². The summed E-state index contributed by atoms with van der Waals surface area (Å²) < 4.78 is 5.50. The van der Waals surface area contributed by atoms with Crippen molar-refractivity contribution in [3.05, 3.63) is 0 Å². The van der Waals surface area contributed by atoms with Gasteiger partial charge in [0.15, 0.2) is 5.96 Å². The van der Waals surface area contributed by atoms with E-state index in [0.29, 0.717) is 25.5 Å². The van der Waals surface area contributed by atoms with Gasteiger partial charge in [-0.2, -0.15) is 0 Å². The predicted molar refractivity (Wildman–Crippen MR) is 108 cm³/mol. The molecular formula is C16H35IN4O2. The van der Waals surface area contributed by atoms with Gasteiger partial charge in [0.2, 0.25) is 5.91 Å². The molecule has 0 bridgehead atoms. The monoisotopic (exact) mass is 442 g/mol. The first-order valence-corrected chi connectivity index (χ1v) is 8.01. The number of guanidine groups is 1. The van der Waals surface area contributed by atoms with Gasteiger partial charge in [0.25, 0.3) is 0 Å². The molecule has 0 aliphatic heterocycles. The van der Waals surface area contributed by atoms with E-state index in [2.05, 4.69) is 48.6 Å². The Morgan fingerprint density at radius 2 is 1.87 bits per heavy atom. The van der Waals surface area contributed by atoms with Crippen molar-refractivity contribution < 1.29 is 9.53 Å². The zero-order chi connectivity index (χ0) is 17.2. The predicted octanol–water partition coefficient (Wildman–Crippen LogP) is 2.14. The molecule has 0 saturated heterocycles. The fourth-order valence-electron chi connectivity index (χ4n) is 1.90. The van der Waals surface area contributed by atoms with E-state index in [4.69, 9.17) is 4.74 Å². The van der Waals surface area contributed by atoms with E-state index in [1.54, 1.807) is 14.2 Å². The van der Waals surface area contributed by atoms with E-state index in [9.17, 15) is 4.79 Å². The number of nitrogens with zero attached hydrogens (tertiary/aromatic N) is 1. The van der Waals surface area contributed by atoms with Crippen molar-refractivity contribution in [1.82, 2.24) is 16.0 Å². The first kappa shape index (κ1) is 24.7. The van der Waals surface area contributed by atoms with Gasteiger partial charge in [-0.1, -0.05) is 27.7 Å². The molecule has 1 amide bonds. The maximum atomic E-state index is 11.7. The number of carbonyl (C=O) groups excluding carboxylic acids is 1. The molecule has 0 heterocycles. The van der Waals surface area contributed by atoms with Gasteiger partial charge in [0.05, 0.1) is 6.10 Å². The SMILES string of the molecule is CCC(C)NC(=O)CCNC(=NC)NCC(OC)C(C)(C)C.I. The Bertz CT molecular complexity index is 356. The first-order chi connectivity index (χ1) is 10.2. The minimum Gasteiger partial charge on any atom is -0.379 e. The van der Waals surface area contributed by atoms with Crippen LogP contribution in [0, 0.1) is 5.41 Å². The van der Waals surface area contributed by atoms with Gasteiger partial charge in [-0.15, -0.1) is 24.0 Å². The molecule has 0 spiro atoms. The second-order valence-corrected chi connectivity index (χ2v) is 6.60. The van der Waals surface area contributed by atoms with E-state index in [0.717, 1.165) is 6.42 Å². The highest BCUT2D eigenvalue weighted by Gasteiger charge is 2.24. The van der Waals surface area contributed by atoms with E-state index in [1.807, 2.05) is 6.92 Å². The zero-order valence-corrected chi connectivity index (χ0v) is 18.0. The summed E-state index contributed by atoms with van der Waals surface area (Å²) in [5.41, 5.74) is 0.0524. The lowest BCUT2D eigenvalue weighted by Crippen LogP contribution is -2.46. The van der Waals surface area contributed by atoms with Crippen molar-refractivity contribution in [2.45, 2.75) is 59.6 Å². The van der Waals surface area contributed by atoms with Gasteiger partial charge in [-0.05, 0) is 18.8 Å². The number of methoxy groups -OCH3 is 1. The lowest BCUT2D eigenvalue weighted by atomic mass is 9.89. The summed E-state index contributed by atoms with van der Waals surface area (Å²) in [6.45, 7) is 11.7. The molecule has 138 valence electrons. The molecule has 0 radical (unpaired) electrons. The van der Waals surface area contributed by atoms with Gasteiger partial charge in [-0.25, -0.2) is 0 Å².